The highest BCUT2D eigenvalue weighted by Crippen LogP contribution is 2.31. The summed E-state index contributed by atoms with van der Waals surface area (Å²) in [7, 11) is 0. The molecular weight excluding hydrogens is 326 g/mol. The maximum absolute atomic E-state index is 12.8. The molecule has 1 aliphatic rings. The largest absolute Gasteiger partial charge is 0.486 e. The minimum Gasteiger partial charge on any atom is -0.486 e. The van der Waals surface area contributed by atoms with Crippen LogP contribution in [0.1, 0.15) is 26.3 Å². The molecule has 3 rings (SSSR count). The molecule has 2 aromatic carbocycles. The molecule has 0 atom stereocenters. The minimum absolute atomic E-state index is 0.0589. The van der Waals surface area contributed by atoms with E-state index in [1.165, 1.54) is 12.1 Å². The Balaban J connectivity index is 1.90. The van der Waals surface area contributed by atoms with Crippen molar-refractivity contribution >= 4 is 17.7 Å². The first kappa shape index (κ1) is 16.5. The molecule has 128 valence electrons. The number of hydrogen-bond donors (Lipinski definition) is 1. The predicted molar refractivity (Wildman–Crippen MR) is 86.8 cm³/mol. The molecule has 1 heterocycles. The zero-order chi connectivity index (χ0) is 17.8. The molecular formula is C18H15NO6. The molecule has 0 aromatic heterocycles. The van der Waals surface area contributed by atoms with E-state index in [0.29, 0.717) is 30.3 Å². The quantitative estimate of drug-likeness (QED) is 0.650. The first-order valence-electron chi connectivity index (χ1n) is 7.55. The summed E-state index contributed by atoms with van der Waals surface area (Å²) < 4.78 is 15.7. The Morgan fingerprint density at radius 2 is 1.64 bits per heavy atom. The van der Waals surface area contributed by atoms with E-state index in [9.17, 15) is 14.4 Å². The predicted octanol–water partition coefficient (Wildman–Crippen LogP) is 1.33. The van der Waals surface area contributed by atoms with Crippen molar-refractivity contribution in [3.8, 4) is 11.5 Å². The Hall–Kier alpha value is -3.35. The van der Waals surface area contributed by atoms with Gasteiger partial charge >= 0.3 is 5.97 Å². The minimum atomic E-state index is -0.791. The van der Waals surface area contributed by atoms with E-state index in [2.05, 4.69) is 0 Å². The summed E-state index contributed by atoms with van der Waals surface area (Å²) in [5.41, 5.74) is 5.53. The van der Waals surface area contributed by atoms with E-state index in [-0.39, 0.29) is 16.9 Å². The van der Waals surface area contributed by atoms with Crippen molar-refractivity contribution in [3.05, 3.63) is 59.2 Å². The lowest BCUT2D eigenvalue weighted by Crippen LogP contribution is -2.22. The summed E-state index contributed by atoms with van der Waals surface area (Å²) in [6, 6.07) is 11.0. The topological polar surface area (TPSA) is 105 Å². The molecule has 0 saturated carbocycles. The summed E-state index contributed by atoms with van der Waals surface area (Å²) >= 11 is 0. The molecule has 1 aliphatic heterocycles. The van der Waals surface area contributed by atoms with Crippen LogP contribution in [0.2, 0.25) is 0 Å². The van der Waals surface area contributed by atoms with Gasteiger partial charge in [-0.1, -0.05) is 18.2 Å². The van der Waals surface area contributed by atoms with Gasteiger partial charge in [0.2, 0.25) is 0 Å². The third-order valence-electron chi connectivity index (χ3n) is 3.54. The van der Waals surface area contributed by atoms with Gasteiger partial charge in [-0.15, -0.1) is 0 Å². The van der Waals surface area contributed by atoms with Crippen LogP contribution in [-0.4, -0.2) is 37.5 Å². The average molecular weight is 341 g/mol. The lowest BCUT2D eigenvalue weighted by Gasteiger charge is -2.18. The fourth-order valence-corrected chi connectivity index (χ4v) is 2.41. The summed E-state index contributed by atoms with van der Waals surface area (Å²) in [5.74, 6) is -0.893. The van der Waals surface area contributed by atoms with Gasteiger partial charge in [0.05, 0.1) is 5.56 Å². The number of rotatable bonds is 5. The van der Waals surface area contributed by atoms with E-state index in [1.807, 2.05) is 0 Å². The Labute approximate surface area is 143 Å². The van der Waals surface area contributed by atoms with Crippen molar-refractivity contribution in [3.63, 3.8) is 0 Å². The first-order chi connectivity index (χ1) is 12.1. The number of carbonyl (C=O) groups is 3. The van der Waals surface area contributed by atoms with E-state index < -0.39 is 18.5 Å². The number of amides is 1. The van der Waals surface area contributed by atoms with Crippen LogP contribution in [0.5, 0.6) is 11.5 Å². The molecule has 7 heteroatoms. The normalized spacial score (nSPS) is 12.3. The first-order valence-corrected chi connectivity index (χ1v) is 7.55. The fourth-order valence-electron chi connectivity index (χ4n) is 2.41. The van der Waals surface area contributed by atoms with Gasteiger partial charge < -0.3 is 19.9 Å². The zero-order valence-corrected chi connectivity index (χ0v) is 13.2. The van der Waals surface area contributed by atoms with Crippen molar-refractivity contribution in [2.75, 3.05) is 19.8 Å². The number of hydrogen-bond acceptors (Lipinski definition) is 6. The third kappa shape index (κ3) is 3.60. The summed E-state index contributed by atoms with van der Waals surface area (Å²) in [4.78, 5) is 35.7. The molecule has 7 nitrogen and oxygen atoms in total. The lowest BCUT2D eigenvalue weighted by atomic mass is 9.98. The number of benzene rings is 2. The molecule has 0 saturated heterocycles. The van der Waals surface area contributed by atoms with Crippen LogP contribution in [0.3, 0.4) is 0 Å². The van der Waals surface area contributed by atoms with Crippen LogP contribution < -0.4 is 15.2 Å². The van der Waals surface area contributed by atoms with Gasteiger partial charge in [0.1, 0.15) is 13.2 Å². The van der Waals surface area contributed by atoms with Crippen molar-refractivity contribution < 1.29 is 28.6 Å². The maximum atomic E-state index is 12.8. The van der Waals surface area contributed by atoms with Gasteiger partial charge in [-0.05, 0) is 24.3 Å². The number of ether oxygens (including phenoxy) is 3. The molecule has 0 aliphatic carbocycles. The molecule has 25 heavy (non-hydrogen) atoms. The van der Waals surface area contributed by atoms with Crippen molar-refractivity contribution in [2.45, 2.75) is 0 Å². The standard InChI is InChI=1S/C18H15NO6/c19-16(20)10-25-18(22)13-4-2-1-3-12(13)17(21)11-5-6-14-15(9-11)24-8-7-23-14/h1-6,9H,7-8,10H2,(H2,19,20). The molecule has 0 spiro atoms. The van der Waals surface area contributed by atoms with Gasteiger partial charge in [0.15, 0.2) is 23.9 Å². The monoisotopic (exact) mass is 341 g/mol. The Morgan fingerprint density at radius 1 is 0.960 bits per heavy atom. The number of carbonyl (C=O) groups excluding carboxylic acids is 3. The van der Waals surface area contributed by atoms with E-state index >= 15 is 0 Å². The van der Waals surface area contributed by atoms with Crippen LogP contribution in [0, 0.1) is 0 Å². The van der Waals surface area contributed by atoms with Crippen molar-refractivity contribution in [1.82, 2.24) is 0 Å². The van der Waals surface area contributed by atoms with Crippen LogP contribution in [0.15, 0.2) is 42.5 Å². The second-order valence-corrected chi connectivity index (χ2v) is 5.28. The van der Waals surface area contributed by atoms with Gasteiger partial charge in [0.25, 0.3) is 5.91 Å². The van der Waals surface area contributed by atoms with Crippen LogP contribution in [0.4, 0.5) is 0 Å². The number of primary amides is 1. The molecule has 0 radical (unpaired) electrons. The van der Waals surface area contributed by atoms with Gasteiger partial charge in [-0.2, -0.15) is 0 Å². The summed E-state index contributed by atoms with van der Waals surface area (Å²) in [5, 5.41) is 0. The number of fused-ring (bicyclic) bond motifs is 1. The van der Waals surface area contributed by atoms with Crippen LogP contribution >= 0.6 is 0 Å². The van der Waals surface area contributed by atoms with Gasteiger partial charge in [-0.3, -0.25) is 9.59 Å². The number of nitrogens with two attached hydrogens (primary N) is 1. The molecule has 0 bridgehead atoms. The average Bonchev–Trinajstić information content (AvgIpc) is 2.65. The van der Waals surface area contributed by atoms with E-state index in [1.54, 1.807) is 30.3 Å². The van der Waals surface area contributed by atoms with Crippen LogP contribution in [0.25, 0.3) is 0 Å². The Kier molecular flexibility index (Phi) is 4.65. The van der Waals surface area contributed by atoms with Crippen molar-refractivity contribution in [1.29, 1.82) is 0 Å². The summed E-state index contributed by atoms with van der Waals surface area (Å²) in [6.45, 7) is 0.306. The van der Waals surface area contributed by atoms with Gasteiger partial charge in [-0.25, -0.2) is 4.79 Å². The second kappa shape index (κ2) is 7.04. The third-order valence-corrected chi connectivity index (χ3v) is 3.54. The molecule has 0 fully saturated rings. The molecule has 2 aromatic rings. The van der Waals surface area contributed by atoms with E-state index in [0.717, 1.165) is 0 Å². The maximum Gasteiger partial charge on any atom is 0.339 e. The number of ketones is 1. The van der Waals surface area contributed by atoms with E-state index in [4.69, 9.17) is 19.9 Å². The highest BCUT2D eigenvalue weighted by Gasteiger charge is 2.21. The van der Waals surface area contributed by atoms with Crippen molar-refractivity contribution in [2.24, 2.45) is 5.73 Å². The van der Waals surface area contributed by atoms with Gasteiger partial charge in [0, 0.05) is 11.1 Å². The second-order valence-electron chi connectivity index (χ2n) is 5.28. The highest BCUT2D eigenvalue weighted by atomic mass is 16.6. The highest BCUT2D eigenvalue weighted by molar-refractivity contribution is 6.14. The number of esters is 1. The molecule has 1 amide bonds. The fraction of sp³-hybridized carbons (Fsp3) is 0.167. The lowest BCUT2D eigenvalue weighted by molar-refractivity contribution is -0.121. The summed E-state index contributed by atoms with van der Waals surface area (Å²) in [6.07, 6.45) is 0. The Bertz CT molecular complexity index is 845. The molecule has 2 N–H and O–H groups in total. The Morgan fingerprint density at radius 3 is 2.36 bits per heavy atom. The SMILES string of the molecule is NC(=O)COC(=O)c1ccccc1C(=O)c1ccc2c(c1)OCCO2. The molecule has 0 unspecified atom stereocenters. The smallest absolute Gasteiger partial charge is 0.339 e. The van der Waals surface area contributed by atoms with Crippen LogP contribution in [-0.2, 0) is 9.53 Å². The zero-order valence-electron chi connectivity index (χ0n) is 13.2.